The summed E-state index contributed by atoms with van der Waals surface area (Å²) in [6.07, 6.45) is 5.63. The van der Waals surface area contributed by atoms with Crippen molar-refractivity contribution in [1.82, 2.24) is 15.4 Å². The van der Waals surface area contributed by atoms with Crippen LogP contribution in [-0.4, -0.2) is 22.1 Å². The molecule has 5 nitrogen and oxygen atoms in total. The first kappa shape index (κ1) is 11.8. The smallest absolute Gasteiger partial charge is 0.265 e. The van der Waals surface area contributed by atoms with Gasteiger partial charge in [0.05, 0.1) is 12.4 Å². The Hall–Kier alpha value is -2.63. The number of amides is 1. The van der Waals surface area contributed by atoms with E-state index in [4.69, 9.17) is 0 Å². The van der Waals surface area contributed by atoms with Crippen LogP contribution in [0.3, 0.4) is 0 Å². The number of halogens is 1. The predicted molar refractivity (Wildman–Crippen MR) is 63.5 cm³/mol. The molecule has 0 fully saturated rings. The van der Waals surface area contributed by atoms with E-state index in [1.807, 2.05) is 0 Å². The van der Waals surface area contributed by atoms with E-state index in [0.717, 1.165) is 0 Å². The highest BCUT2D eigenvalue weighted by Crippen LogP contribution is 1.99. The standard InChI is InChI=1S/C12H9FN4O/c13-10-3-1-9(2-4-10)7-16-17-12(18)11-8-14-5-6-15-11/h1-8H,(H,17,18). The Bertz CT molecular complexity index is 554. The molecule has 1 aromatic carbocycles. The van der Waals surface area contributed by atoms with Crippen molar-refractivity contribution >= 4 is 12.1 Å². The fourth-order valence-corrected chi connectivity index (χ4v) is 1.19. The van der Waals surface area contributed by atoms with Crippen molar-refractivity contribution in [1.29, 1.82) is 0 Å². The molecular formula is C12H9FN4O. The number of carbonyl (C=O) groups is 1. The van der Waals surface area contributed by atoms with Gasteiger partial charge in [0.1, 0.15) is 11.5 Å². The van der Waals surface area contributed by atoms with Gasteiger partial charge in [0.15, 0.2) is 0 Å². The number of hydrazone groups is 1. The van der Waals surface area contributed by atoms with E-state index in [1.54, 1.807) is 12.1 Å². The zero-order valence-electron chi connectivity index (χ0n) is 9.25. The van der Waals surface area contributed by atoms with Crippen molar-refractivity contribution in [3.05, 3.63) is 59.9 Å². The molecule has 1 amide bonds. The van der Waals surface area contributed by atoms with Crippen molar-refractivity contribution in [3.63, 3.8) is 0 Å². The van der Waals surface area contributed by atoms with Crippen molar-refractivity contribution in [2.24, 2.45) is 5.10 Å². The summed E-state index contributed by atoms with van der Waals surface area (Å²) < 4.78 is 12.6. The van der Waals surface area contributed by atoms with Gasteiger partial charge in [-0.3, -0.25) is 9.78 Å². The molecule has 0 saturated carbocycles. The molecule has 0 radical (unpaired) electrons. The molecule has 0 aliphatic rings. The maximum Gasteiger partial charge on any atom is 0.291 e. The number of nitrogens with zero attached hydrogens (tertiary/aromatic N) is 3. The fourth-order valence-electron chi connectivity index (χ4n) is 1.19. The molecule has 2 rings (SSSR count). The molecule has 0 bridgehead atoms. The molecule has 6 heteroatoms. The lowest BCUT2D eigenvalue weighted by Gasteiger charge is -1.97. The second-order valence-electron chi connectivity index (χ2n) is 3.34. The molecule has 0 aliphatic heterocycles. The first-order valence-electron chi connectivity index (χ1n) is 5.11. The predicted octanol–water partition coefficient (Wildman–Crippen LogP) is 1.38. The third-order valence-electron chi connectivity index (χ3n) is 2.05. The first-order chi connectivity index (χ1) is 8.75. The Morgan fingerprint density at radius 2 is 2.06 bits per heavy atom. The highest BCUT2D eigenvalue weighted by molar-refractivity contribution is 5.92. The molecule has 18 heavy (non-hydrogen) atoms. The number of rotatable bonds is 3. The Kier molecular flexibility index (Phi) is 3.70. The molecule has 0 saturated heterocycles. The van der Waals surface area contributed by atoms with Crippen LogP contribution in [0.15, 0.2) is 48.0 Å². The maximum atomic E-state index is 12.6. The number of hydrogen-bond acceptors (Lipinski definition) is 4. The third kappa shape index (κ3) is 3.18. The monoisotopic (exact) mass is 244 g/mol. The molecule has 0 spiro atoms. The van der Waals surface area contributed by atoms with Crippen LogP contribution in [0, 0.1) is 5.82 Å². The molecule has 90 valence electrons. The van der Waals surface area contributed by atoms with Gasteiger partial charge in [0.25, 0.3) is 5.91 Å². The molecule has 0 aliphatic carbocycles. The van der Waals surface area contributed by atoms with E-state index in [-0.39, 0.29) is 11.5 Å². The van der Waals surface area contributed by atoms with Gasteiger partial charge >= 0.3 is 0 Å². The summed E-state index contributed by atoms with van der Waals surface area (Å²) >= 11 is 0. The van der Waals surface area contributed by atoms with Gasteiger partial charge in [0.2, 0.25) is 0 Å². The number of nitrogens with one attached hydrogen (secondary N) is 1. The molecule has 1 aromatic heterocycles. The van der Waals surface area contributed by atoms with Gasteiger partial charge in [-0.1, -0.05) is 12.1 Å². The van der Waals surface area contributed by atoms with Gasteiger partial charge in [-0.15, -0.1) is 0 Å². The quantitative estimate of drug-likeness (QED) is 0.655. The van der Waals surface area contributed by atoms with Gasteiger partial charge in [0, 0.05) is 12.4 Å². The summed E-state index contributed by atoms with van der Waals surface area (Å²) in [4.78, 5) is 19.1. The Morgan fingerprint density at radius 3 is 2.72 bits per heavy atom. The second kappa shape index (κ2) is 5.62. The van der Waals surface area contributed by atoms with Crippen LogP contribution in [0.25, 0.3) is 0 Å². The molecular weight excluding hydrogens is 235 g/mol. The molecule has 2 aromatic rings. The number of hydrogen-bond donors (Lipinski definition) is 1. The molecule has 0 atom stereocenters. The van der Waals surface area contributed by atoms with Crippen LogP contribution in [0.1, 0.15) is 16.1 Å². The van der Waals surface area contributed by atoms with Crippen LogP contribution >= 0.6 is 0 Å². The number of aromatic nitrogens is 2. The van der Waals surface area contributed by atoms with Crippen LogP contribution in [0.4, 0.5) is 4.39 Å². The topological polar surface area (TPSA) is 67.2 Å². The minimum Gasteiger partial charge on any atom is -0.265 e. The van der Waals surface area contributed by atoms with E-state index >= 15 is 0 Å². The summed E-state index contributed by atoms with van der Waals surface area (Å²) in [6, 6.07) is 5.72. The Balaban J connectivity index is 1.96. The normalized spacial score (nSPS) is 10.5. The number of benzene rings is 1. The Labute approximate surface area is 102 Å². The molecule has 0 unspecified atom stereocenters. The highest BCUT2D eigenvalue weighted by Gasteiger charge is 2.04. The zero-order valence-corrected chi connectivity index (χ0v) is 9.25. The third-order valence-corrected chi connectivity index (χ3v) is 2.05. The molecule has 1 heterocycles. The lowest BCUT2D eigenvalue weighted by Crippen LogP contribution is -2.19. The van der Waals surface area contributed by atoms with Crippen molar-refractivity contribution in [3.8, 4) is 0 Å². The van der Waals surface area contributed by atoms with Crippen molar-refractivity contribution < 1.29 is 9.18 Å². The van der Waals surface area contributed by atoms with Crippen LogP contribution in [0.2, 0.25) is 0 Å². The number of carbonyl (C=O) groups excluding carboxylic acids is 1. The van der Waals surface area contributed by atoms with E-state index in [2.05, 4.69) is 20.5 Å². The van der Waals surface area contributed by atoms with E-state index < -0.39 is 5.91 Å². The maximum absolute atomic E-state index is 12.6. The lowest BCUT2D eigenvalue weighted by molar-refractivity contribution is 0.0949. The van der Waals surface area contributed by atoms with Gasteiger partial charge in [-0.05, 0) is 17.7 Å². The van der Waals surface area contributed by atoms with E-state index in [1.165, 1.54) is 36.9 Å². The van der Waals surface area contributed by atoms with E-state index in [9.17, 15) is 9.18 Å². The summed E-state index contributed by atoms with van der Waals surface area (Å²) in [6.45, 7) is 0. The van der Waals surface area contributed by atoms with Crippen LogP contribution in [-0.2, 0) is 0 Å². The van der Waals surface area contributed by atoms with Crippen LogP contribution < -0.4 is 5.43 Å². The average molecular weight is 244 g/mol. The van der Waals surface area contributed by atoms with Crippen molar-refractivity contribution in [2.75, 3.05) is 0 Å². The minimum absolute atomic E-state index is 0.175. The second-order valence-corrected chi connectivity index (χ2v) is 3.34. The van der Waals surface area contributed by atoms with Gasteiger partial charge < -0.3 is 0 Å². The van der Waals surface area contributed by atoms with E-state index in [0.29, 0.717) is 5.56 Å². The average Bonchev–Trinajstić information content (AvgIpc) is 2.42. The summed E-state index contributed by atoms with van der Waals surface area (Å²) in [5.41, 5.74) is 3.15. The SMILES string of the molecule is O=C(NN=Cc1ccc(F)cc1)c1cnccn1. The minimum atomic E-state index is -0.457. The largest absolute Gasteiger partial charge is 0.291 e. The van der Waals surface area contributed by atoms with Gasteiger partial charge in [-0.2, -0.15) is 5.10 Å². The van der Waals surface area contributed by atoms with Gasteiger partial charge in [-0.25, -0.2) is 14.8 Å². The van der Waals surface area contributed by atoms with Crippen molar-refractivity contribution in [2.45, 2.75) is 0 Å². The Morgan fingerprint density at radius 1 is 1.28 bits per heavy atom. The summed E-state index contributed by atoms with van der Waals surface area (Å²) in [7, 11) is 0. The molecule has 1 N–H and O–H groups in total. The fraction of sp³-hybridized carbons (Fsp3) is 0. The first-order valence-corrected chi connectivity index (χ1v) is 5.11. The van der Waals surface area contributed by atoms with Crippen LogP contribution in [0.5, 0.6) is 0 Å². The zero-order chi connectivity index (χ0) is 12.8. The lowest BCUT2D eigenvalue weighted by atomic mass is 10.2. The summed E-state index contributed by atoms with van der Waals surface area (Å²) in [5, 5.41) is 3.73. The highest BCUT2D eigenvalue weighted by atomic mass is 19.1. The summed E-state index contributed by atoms with van der Waals surface area (Å²) in [5.74, 6) is -0.780.